The maximum atomic E-state index is 12.6. The quantitative estimate of drug-likeness (QED) is 0.594. The van der Waals surface area contributed by atoms with Gasteiger partial charge in [0.2, 0.25) is 10.0 Å². The molecule has 0 unspecified atom stereocenters. The number of aromatic nitrogens is 1. The summed E-state index contributed by atoms with van der Waals surface area (Å²) in [6.45, 7) is 0.413. The molecule has 1 aliphatic rings. The van der Waals surface area contributed by atoms with Crippen LogP contribution in [0, 0.1) is 0 Å². The maximum absolute atomic E-state index is 12.6. The molecule has 2 aromatic rings. The van der Waals surface area contributed by atoms with Gasteiger partial charge in [-0.2, -0.15) is 4.31 Å². The molecule has 3 rings (SSSR count). The Labute approximate surface area is 187 Å². The number of ether oxygens (including phenoxy) is 2. The molecule has 2 N–H and O–H groups in total. The van der Waals surface area contributed by atoms with Crippen LogP contribution in [0.3, 0.4) is 0 Å². The predicted octanol–water partition coefficient (Wildman–Crippen LogP) is 2.79. The Balaban J connectivity index is 1.60. The van der Waals surface area contributed by atoms with E-state index in [1.54, 1.807) is 0 Å². The summed E-state index contributed by atoms with van der Waals surface area (Å²) >= 11 is 17.8. The standard InChI is InChI=1S/C17H16Cl3N3O6S/c18-10-5-12(19)16(13(20)6-10)22-15(24)9-29-17(25)14-7-11(8-21-14)30(26,27)23-1-3-28-4-2-23/h5-8,21H,1-4,9H2,(H,22,24). The normalized spacial score (nSPS) is 15.0. The van der Waals surface area contributed by atoms with Crippen molar-refractivity contribution in [3.05, 3.63) is 45.2 Å². The number of sulfonamides is 1. The van der Waals surface area contributed by atoms with E-state index in [-0.39, 0.29) is 39.4 Å². The fraction of sp³-hybridized carbons (Fsp3) is 0.294. The van der Waals surface area contributed by atoms with Gasteiger partial charge in [-0.3, -0.25) is 4.79 Å². The van der Waals surface area contributed by atoms with Crippen molar-refractivity contribution in [3.8, 4) is 0 Å². The van der Waals surface area contributed by atoms with E-state index in [2.05, 4.69) is 10.3 Å². The van der Waals surface area contributed by atoms with Gasteiger partial charge in [0.05, 0.1) is 28.9 Å². The Morgan fingerprint density at radius 3 is 2.40 bits per heavy atom. The number of hydrogen-bond acceptors (Lipinski definition) is 6. The lowest BCUT2D eigenvalue weighted by Crippen LogP contribution is -2.40. The number of carbonyl (C=O) groups is 2. The number of aromatic amines is 1. The van der Waals surface area contributed by atoms with Crippen LogP contribution >= 0.6 is 34.8 Å². The molecule has 9 nitrogen and oxygen atoms in total. The molecule has 1 aliphatic heterocycles. The summed E-state index contributed by atoms with van der Waals surface area (Å²) < 4.78 is 36.5. The average molecular weight is 497 g/mol. The van der Waals surface area contributed by atoms with E-state index < -0.39 is 28.5 Å². The van der Waals surface area contributed by atoms with Crippen molar-refractivity contribution in [3.63, 3.8) is 0 Å². The molecule has 1 aromatic carbocycles. The van der Waals surface area contributed by atoms with Crippen LogP contribution in [-0.2, 0) is 24.3 Å². The van der Waals surface area contributed by atoms with Gasteiger partial charge in [0.25, 0.3) is 5.91 Å². The van der Waals surface area contributed by atoms with Crippen molar-refractivity contribution in [2.75, 3.05) is 38.2 Å². The third-order valence-electron chi connectivity index (χ3n) is 4.09. The SMILES string of the molecule is O=C(COC(=O)c1cc(S(=O)(=O)N2CCOCC2)c[nH]1)Nc1c(Cl)cc(Cl)cc1Cl. The van der Waals surface area contributed by atoms with Crippen molar-refractivity contribution in [2.45, 2.75) is 4.90 Å². The number of esters is 1. The van der Waals surface area contributed by atoms with Crippen LogP contribution in [0.15, 0.2) is 29.3 Å². The largest absolute Gasteiger partial charge is 0.451 e. The smallest absolute Gasteiger partial charge is 0.355 e. The highest BCUT2D eigenvalue weighted by Crippen LogP contribution is 2.33. The zero-order chi connectivity index (χ0) is 21.9. The first-order valence-electron chi connectivity index (χ1n) is 8.56. The minimum Gasteiger partial charge on any atom is -0.451 e. The number of morpholine rings is 1. The minimum atomic E-state index is -3.76. The van der Waals surface area contributed by atoms with Gasteiger partial charge in [-0.1, -0.05) is 34.8 Å². The van der Waals surface area contributed by atoms with E-state index >= 15 is 0 Å². The first kappa shape index (κ1) is 22.9. The second kappa shape index (κ2) is 9.54. The number of halogens is 3. The number of benzene rings is 1. The summed E-state index contributed by atoms with van der Waals surface area (Å²) in [6.07, 6.45) is 1.19. The highest BCUT2D eigenvalue weighted by molar-refractivity contribution is 7.89. The third-order valence-corrected chi connectivity index (χ3v) is 6.78. The fourth-order valence-corrected chi connectivity index (χ4v) is 4.94. The summed E-state index contributed by atoms with van der Waals surface area (Å²) in [4.78, 5) is 26.7. The Kier molecular flexibility index (Phi) is 7.27. The summed E-state index contributed by atoms with van der Waals surface area (Å²) in [5, 5.41) is 2.96. The van der Waals surface area contributed by atoms with Crippen molar-refractivity contribution in [1.82, 2.24) is 9.29 Å². The zero-order valence-electron chi connectivity index (χ0n) is 15.3. The maximum Gasteiger partial charge on any atom is 0.355 e. The van der Waals surface area contributed by atoms with Crippen LogP contribution in [-0.4, -0.2) is 62.5 Å². The van der Waals surface area contributed by atoms with E-state index in [1.165, 1.54) is 22.6 Å². The Hall–Kier alpha value is -1.82. The molecule has 30 heavy (non-hydrogen) atoms. The molecule has 1 amide bonds. The number of hydrogen-bond donors (Lipinski definition) is 2. The zero-order valence-corrected chi connectivity index (χ0v) is 18.4. The minimum absolute atomic E-state index is 0.0828. The second-order valence-electron chi connectivity index (χ2n) is 6.13. The van der Waals surface area contributed by atoms with Gasteiger partial charge in [0.15, 0.2) is 6.61 Å². The molecule has 13 heteroatoms. The molecule has 0 aliphatic carbocycles. The van der Waals surface area contributed by atoms with E-state index in [0.29, 0.717) is 18.2 Å². The monoisotopic (exact) mass is 495 g/mol. The predicted molar refractivity (Wildman–Crippen MR) is 111 cm³/mol. The van der Waals surface area contributed by atoms with Crippen LogP contribution in [0.25, 0.3) is 0 Å². The number of nitrogens with zero attached hydrogens (tertiary/aromatic N) is 1. The first-order chi connectivity index (χ1) is 14.2. The topological polar surface area (TPSA) is 118 Å². The van der Waals surface area contributed by atoms with Crippen molar-refractivity contribution in [2.24, 2.45) is 0 Å². The van der Waals surface area contributed by atoms with Crippen molar-refractivity contribution in [1.29, 1.82) is 0 Å². The molecular formula is C17H16Cl3N3O6S. The lowest BCUT2D eigenvalue weighted by molar-refractivity contribution is -0.119. The van der Waals surface area contributed by atoms with Gasteiger partial charge in [0, 0.05) is 24.3 Å². The van der Waals surface area contributed by atoms with E-state index in [0.717, 1.165) is 6.07 Å². The van der Waals surface area contributed by atoms with E-state index in [9.17, 15) is 18.0 Å². The average Bonchev–Trinajstić information content (AvgIpc) is 3.21. The third kappa shape index (κ3) is 5.26. The summed E-state index contributed by atoms with van der Waals surface area (Å²) in [7, 11) is -3.76. The Morgan fingerprint density at radius 2 is 1.77 bits per heavy atom. The molecule has 0 bridgehead atoms. The number of H-pyrrole nitrogens is 1. The van der Waals surface area contributed by atoms with Gasteiger partial charge in [-0.25, -0.2) is 13.2 Å². The molecule has 0 spiro atoms. The summed E-state index contributed by atoms with van der Waals surface area (Å²) in [5.41, 5.74) is 0.0136. The van der Waals surface area contributed by atoms with Crippen LogP contribution in [0.1, 0.15) is 10.5 Å². The highest BCUT2D eigenvalue weighted by atomic mass is 35.5. The molecule has 1 fully saturated rings. The molecule has 0 saturated carbocycles. The fourth-order valence-electron chi connectivity index (χ4n) is 2.62. The second-order valence-corrected chi connectivity index (χ2v) is 9.32. The summed E-state index contributed by atoms with van der Waals surface area (Å²) in [5.74, 6) is -1.59. The number of amides is 1. The van der Waals surface area contributed by atoms with Gasteiger partial charge in [0.1, 0.15) is 10.6 Å². The van der Waals surface area contributed by atoms with Gasteiger partial charge < -0.3 is 19.8 Å². The Morgan fingerprint density at radius 1 is 1.13 bits per heavy atom. The van der Waals surface area contributed by atoms with Crippen molar-refractivity contribution < 1.29 is 27.5 Å². The summed E-state index contributed by atoms with van der Waals surface area (Å²) in [6, 6.07) is 3.94. The molecule has 0 radical (unpaired) electrons. The lowest BCUT2D eigenvalue weighted by Gasteiger charge is -2.25. The first-order valence-corrected chi connectivity index (χ1v) is 11.1. The molecular weight excluding hydrogens is 481 g/mol. The molecule has 1 aromatic heterocycles. The van der Waals surface area contributed by atoms with Gasteiger partial charge in [-0.05, 0) is 18.2 Å². The van der Waals surface area contributed by atoms with Gasteiger partial charge >= 0.3 is 5.97 Å². The number of carbonyl (C=O) groups excluding carboxylic acids is 2. The molecule has 162 valence electrons. The Bertz CT molecular complexity index is 1040. The van der Waals surface area contributed by atoms with Crippen LogP contribution < -0.4 is 5.32 Å². The van der Waals surface area contributed by atoms with Crippen LogP contribution in [0.5, 0.6) is 0 Å². The van der Waals surface area contributed by atoms with Crippen LogP contribution in [0.2, 0.25) is 15.1 Å². The molecule has 2 heterocycles. The molecule has 0 atom stereocenters. The van der Waals surface area contributed by atoms with Gasteiger partial charge in [-0.15, -0.1) is 0 Å². The highest BCUT2D eigenvalue weighted by Gasteiger charge is 2.28. The van der Waals surface area contributed by atoms with E-state index in [4.69, 9.17) is 44.3 Å². The van der Waals surface area contributed by atoms with Crippen LogP contribution in [0.4, 0.5) is 5.69 Å². The number of nitrogens with one attached hydrogen (secondary N) is 2. The van der Waals surface area contributed by atoms with Crippen molar-refractivity contribution >= 4 is 62.4 Å². The number of anilines is 1. The number of rotatable bonds is 6. The lowest BCUT2D eigenvalue weighted by atomic mass is 10.3. The molecule has 1 saturated heterocycles. The van der Waals surface area contributed by atoms with E-state index in [1.807, 2.05) is 0 Å².